The van der Waals surface area contributed by atoms with Crippen LogP contribution in [-0.4, -0.2) is 50.7 Å². The first kappa shape index (κ1) is 31.7. The number of ether oxygens (including phenoxy) is 2. The lowest BCUT2D eigenvalue weighted by atomic mass is 9.91. The SMILES string of the molecule is COc1nc(-c2cccc(-c3cc(F)cc(NC(=O)c4nn(C)c(=O)n(C)c4=O)c3C)c2C)cc2c1[C@@H](NC1=C(O)COCC1)CC2. The molecule has 2 aliphatic rings. The van der Waals surface area contributed by atoms with Crippen LogP contribution in [0.15, 0.2) is 57.4 Å². The molecule has 12 nitrogen and oxygen atoms in total. The number of carbonyl (C=O) groups excluding carboxylic acids is 1. The number of aliphatic hydroxyl groups excluding tert-OH is 1. The van der Waals surface area contributed by atoms with Crippen LogP contribution in [-0.2, 0) is 25.3 Å². The first-order valence-electron chi connectivity index (χ1n) is 15.2. The number of aryl methyl sites for hydroxylation is 2. The number of rotatable bonds is 7. The smallest absolute Gasteiger partial charge is 0.346 e. The first-order valence-corrected chi connectivity index (χ1v) is 15.2. The normalized spacial score (nSPS) is 15.8. The molecular formula is C34H35FN6O6. The van der Waals surface area contributed by atoms with Crippen LogP contribution < -0.4 is 26.6 Å². The topological polar surface area (TPSA) is 150 Å². The minimum atomic E-state index is -0.864. The second kappa shape index (κ2) is 12.5. The van der Waals surface area contributed by atoms with Gasteiger partial charge in [-0.2, -0.15) is 5.10 Å². The fraction of sp³-hybridized carbons (Fsp3) is 0.324. The van der Waals surface area contributed by atoms with Crippen LogP contribution in [0.1, 0.15) is 51.6 Å². The Kier molecular flexibility index (Phi) is 8.41. The number of halogens is 1. The van der Waals surface area contributed by atoms with Crippen LogP contribution in [0.5, 0.6) is 5.88 Å². The summed E-state index contributed by atoms with van der Waals surface area (Å²) >= 11 is 0. The molecule has 1 atom stereocenters. The summed E-state index contributed by atoms with van der Waals surface area (Å²) in [5.74, 6) is -0.746. The molecule has 6 rings (SSSR count). The van der Waals surface area contributed by atoms with Crippen LogP contribution >= 0.6 is 0 Å². The molecule has 3 heterocycles. The van der Waals surface area contributed by atoms with Gasteiger partial charge in [0.05, 0.1) is 31.1 Å². The second-order valence-corrected chi connectivity index (χ2v) is 11.7. The van der Waals surface area contributed by atoms with E-state index in [0.717, 1.165) is 55.6 Å². The van der Waals surface area contributed by atoms with E-state index < -0.39 is 28.7 Å². The number of carbonyl (C=O) groups is 1. The van der Waals surface area contributed by atoms with Crippen molar-refractivity contribution in [2.24, 2.45) is 14.1 Å². The molecule has 1 aliphatic heterocycles. The molecular weight excluding hydrogens is 607 g/mol. The van der Waals surface area contributed by atoms with Crippen LogP contribution in [0.3, 0.4) is 0 Å². The number of aliphatic hydroxyl groups is 1. The zero-order chi connectivity index (χ0) is 33.6. The zero-order valence-corrected chi connectivity index (χ0v) is 26.7. The van der Waals surface area contributed by atoms with Gasteiger partial charge in [-0.05, 0) is 72.7 Å². The Balaban J connectivity index is 1.35. The summed E-state index contributed by atoms with van der Waals surface area (Å²) in [5.41, 5.74) is 5.18. The van der Waals surface area contributed by atoms with Gasteiger partial charge in [0.15, 0.2) is 0 Å². The largest absolute Gasteiger partial charge is 0.508 e. The number of hydrogen-bond acceptors (Lipinski definition) is 9. The molecule has 0 spiro atoms. The van der Waals surface area contributed by atoms with Crippen molar-refractivity contribution >= 4 is 11.6 Å². The van der Waals surface area contributed by atoms with Gasteiger partial charge in [-0.15, -0.1) is 0 Å². The Hall–Kier alpha value is -5.30. The zero-order valence-electron chi connectivity index (χ0n) is 26.7. The lowest BCUT2D eigenvalue weighted by Crippen LogP contribution is -2.43. The number of methoxy groups -OCH3 is 1. The second-order valence-electron chi connectivity index (χ2n) is 11.7. The molecule has 1 aliphatic carbocycles. The number of hydrogen-bond donors (Lipinski definition) is 3. The van der Waals surface area contributed by atoms with Crippen molar-refractivity contribution in [3.63, 3.8) is 0 Å². The lowest BCUT2D eigenvalue weighted by Gasteiger charge is -2.23. The summed E-state index contributed by atoms with van der Waals surface area (Å²) in [6, 6.07) is 10.2. The molecule has 13 heteroatoms. The average molecular weight is 643 g/mol. The van der Waals surface area contributed by atoms with Gasteiger partial charge in [-0.1, -0.05) is 18.2 Å². The summed E-state index contributed by atoms with van der Waals surface area (Å²) < 4.78 is 27.9. The van der Waals surface area contributed by atoms with E-state index in [1.165, 1.54) is 26.2 Å². The number of fused-ring (bicyclic) bond motifs is 1. The van der Waals surface area contributed by atoms with E-state index >= 15 is 4.39 Å². The lowest BCUT2D eigenvalue weighted by molar-refractivity contribution is 0.101. The highest BCUT2D eigenvalue weighted by Crippen LogP contribution is 2.42. The Morgan fingerprint density at radius 1 is 1.09 bits per heavy atom. The molecule has 2 aromatic heterocycles. The maximum atomic E-state index is 15.1. The number of amides is 1. The van der Waals surface area contributed by atoms with Crippen molar-refractivity contribution < 1.29 is 23.8 Å². The van der Waals surface area contributed by atoms with Gasteiger partial charge < -0.3 is 25.2 Å². The van der Waals surface area contributed by atoms with E-state index in [9.17, 15) is 19.5 Å². The molecule has 0 saturated heterocycles. The monoisotopic (exact) mass is 642 g/mol. The standard InChI is InChI=1S/C34H35FN6O6/c1-17-21(23-14-20(35)15-26(18(23)2)37-31(43)30-33(44)40(3)34(45)41(4)39-30)7-6-8-22(17)27-13-19-9-10-25(29(19)32(38-27)46-5)36-24-11-12-47-16-28(24)42/h6-8,13-15,25,36,42H,9-12,16H2,1-5H3,(H,37,43)/t25-/m0/s1. The highest BCUT2D eigenvalue weighted by atomic mass is 19.1. The number of nitrogens with one attached hydrogen (secondary N) is 2. The summed E-state index contributed by atoms with van der Waals surface area (Å²) in [6.45, 7) is 4.41. The van der Waals surface area contributed by atoms with Gasteiger partial charge in [0.25, 0.3) is 11.5 Å². The van der Waals surface area contributed by atoms with Crippen LogP contribution in [0.4, 0.5) is 10.1 Å². The van der Waals surface area contributed by atoms with Gasteiger partial charge in [-0.25, -0.2) is 18.9 Å². The number of anilines is 1. The molecule has 0 fully saturated rings. The number of nitrogens with zero attached hydrogens (tertiary/aromatic N) is 4. The number of benzene rings is 2. The Morgan fingerprint density at radius 3 is 2.60 bits per heavy atom. The predicted octanol–water partition coefficient (Wildman–Crippen LogP) is 3.99. The molecule has 244 valence electrons. The summed E-state index contributed by atoms with van der Waals surface area (Å²) in [7, 11) is 4.17. The van der Waals surface area contributed by atoms with E-state index in [2.05, 4.69) is 21.8 Å². The Labute approximate surface area is 269 Å². The molecule has 0 bridgehead atoms. The quantitative estimate of drug-likeness (QED) is 0.272. The van der Waals surface area contributed by atoms with Crippen molar-refractivity contribution in [3.05, 3.63) is 102 Å². The maximum Gasteiger partial charge on any atom is 0.346 e. The van der Waals surface area contributed by atoms with Crippen LogP contribution in [0.25, 0.3) is 22.4 Å². The molecule has 1 amide bonds. The molecule has 0 saturated carbocycles. The molecule has 4 aromatic rings. The molecule has 0 radical (unpaired) electrons. The van der Waals surface area contributed by atoms with E-state index in [0.29, 0.717) is 35.7 Å². The summed E-state index contributed by atoms with van der Waals surface area (Å²) in [4.78, 5) is 42.6. The van der Waals surface area contributed by atoms with Crippen molar-refractivity contribution in [3.8, 4) is 28.3 Å². The highest BCUT2D eigenvalue weighted by molar-refractivity contribution is 6.03. The molecule has 2 aromatic carbocycles. The third-order valence-corrected chi connectivity index (χ3v) is 8.84. The fourth-order valence-electron chi connectivity index (χ4n) is 6.30. The van der Waals surface area contributed by atoms with Gasteiger partial charge in [0.2, 0.25) is 11.6 Å². The number of aromatic nitrogens is 4. The average Bonchev–Trinajstić information content (AvgIpc) is 3.46. The first-order chi connectivity index (χ1) is 22.5. The van der Waals surface area contributed by atoms with E-state index in [1.54, 1.807) is 14.0 Å². The van der Waals surface area contributed by atoms with Crippen LogP contribution in [0, 0.1) is 19.7 Å². The fourth-order valence-corrected chi connectivity index (χ4v) is 6.30. The van der Waals surface area contributed by atoms with Gasteiger partial charge in [-0.3, -0.25) is 14.2 Å². The third kappa shape index (κ3) is 5.78. The summed E-state index contributed by atoms with van der Waals surface area (Å²) in [5, 5.41) is 20.2. The van der Waals surface area contributed by atoms with Crippen molar-refractivity contribution in [1.29, 1.82) is 0 Å². The van der Waals surface area contributed by atoms with Gasteiger partial charge in [0, 0.05) is 37.3 Å². The Morgan fingerprint density at radius 2 is 1.85 bits per heavy atom. The highest BCUT2D eigenvalue weighted by Gasteiger charge is 2.30. The van der Waals surface area contributed by atoms with Crippen molar-refractivity contribution in [1.82, 2.24) is 24.6 Å². The van der Waals surface area contributed by atoms with Crippen LogP contribution in [0.2, 0.25) is 0 Å². The molecule has 47 heavy (non-hydrogen) atoms. The third-order valence-electron chi connectivity index (χ3n) is 8.84. The molecule has 3 N–H and O–H groups in total. The van der Waals surface area contributed by atoms with Crippen molar-refractivity contribution in [2.45, 2.75) is 39.2 Å². The Bertz CT molecular complexity index is 2090. The molecule has 0 unspecified atom stereocenters. The van der Waals surface area contributed by atoms with E-state index in [1.807, 2.05) is 25.1 Å². The van der Waals surface area contributed by atoms with Gasteiger partial charge >= 0.3 is 5.69 Å². The number of pyridine rings is 1. The predicted molar refractivity (Wildman–Crippen MR) is 173 cm³/mol. The minimum Gasteiger partial charge on any atom is -0.508 e. The van der Waals surface area contributed by atoms with E-state index in [4.69, 9.17) is 14.5 Å². The summed E-state index contributed by atoms with van der Waals surface area (Å²) in [6.07, 6.45) is 2.21. The maximum absolute atomic E-state index is 15.1. The minimum absolute atomic E-state index is 0.0658. The van der Waals surface area contributed by atoms with E-state index in [-0.39, 0.29) is 24.1 Å². The van der Waals surface area contributed by atoms with Gasteiger partial charge in [0.1, 0.15) is 18.2 Å². The van der Waals surface area contributed by atoms with Crippen molar-refractivity contribution in [2.75, 3.05) is 25.6 Å².